The van der Waals surface area contributed by atoms with Crippen molar-refractivity contribution in [1.29, 1.82) is 0 Å². The van der Waals surface area contributed by atoms with Crippen LogP contribution in [0.1, 0.15) is 30.4 Å². The zero-order valence-electron chi connectivity index (χ0n) is 21.4. The molecule has 0 radical (unpaired) electrons. The molecule has 0 N–H and O–H groups in total. The summed E-state index contributed by atoms with van der Waals surface area (Å²) in [6.45, 7) is 3.56. The second kappa shape index (κ2) is 11.3. The van der Waals surface area contributed by atoms with Gasteiger partial charge in [-0.15, -0.1) is 6.42 Å². The van der Waals surface area contributed by atoms with Crippen molar-refractivity contribution in [2.75, 3.05) is 59.0 Å². The summed E-state index contributed by atoms with van der Waals surface area (Å²) >= 11 is 0. The van der Waals surface area contributed by atoms with Gasteiger partial charge in [0.1, 0.15) is 6.04 Å². The van der Waals surface area contributed by atoms with E-state index in [1.807, 2.05) is 12.1 Å². The number of rotatable bonds is 4. The number of carbonyl (C=O) groups is 4. The van der Waals surface area contributed by atoms with Crippen molar-refractivity contribution in [1.82, 2.24) is 24.7 Å². The lowest BCUT2D eigenvalue weighted by molar-refractivity contribution is -0.152. The number of aryl methyl sites for hydroxylation is 1. The average molecular weight is 524 g/mol. The van der Waals surface area contributed by atoms with Crippen molar-refractivity contribution >= 4 is 24.1 Å². The maximum atomic E-state index is 13.0. The minimum absolute atomic E-state index is 0.0751. The Labute approximate surface area is 222 Å². The van der Waals surface area contributed by atoms with Crippen molar-refractivity contribution < 1.29 is 28.8 Å². The van der Waals surface area contributed by atoms with Gasteiger partial charge in [0, 0.05) is 44.8 Å². The Kier molecular flexibility index (Phi) is 7.69. The SMILES string of the molecule is C#Cc1ccc(CCC2CCN(C(=O)ON3C(=O)[C@@H]4CN(C(=O)N5CCOCC5)CCN4C3=O)CC2)cc1. The summed E-state index contributed by atoms with van der Waals surface area (Å²) in [6.07, 6.45) is 8.32. The first kappa shape index (κ1) is 25.9. The molecule has 38 heavy (non-hydrogen) atoms. The number of fused-ring (bicyclic) bond motifs is 1. The molecule has 0 aliphatic carbocycles. The van der Waals surface area contributed by atoms with E-state index in [4.69, 9.17) is 16.0 Å². The Morgan fingerprint density at radius 1 is 0.947 bits per heavy atom. The Morgan fingerprint density at radius 3 is 2.34 bits per heavy atom. The van der Waals surface area contributed by atoms with Crippen molar-refractivity contribution in [2.24, 2.45) is 5.92 Å². The molecule has 0 saturated carbocycles. The van der Waals surface area contributed by atoms with Crippen LogP contribution in [0, 0.1) is 18.3 Å². The monoisotopic (exact) mass is 523 g/mol. The van der Waals surface area contributed by atoms with Gasteiger partial charge >= 0.3 is 18.2 Å². The van der Waals surface area contributed by atoms with E-state index in [0.717, 1.165) is 31.2 Å². The number of urea groups is 2. The molecule has 1 aromatic rings. The Bertz CT molecular complexity index is 1100. The van der Waals surface area contributed by atoms with Crippen molar-refractivity contribution in [3.8, 4) is 12.3 Å². The second-order valence-corrected chi connectivity index (χ2v) is 10.1. The fourth-order valence-corrected chi connectivity index (χ4v) is 5.46. The van der Waals surface area contributed by atoms with Crippen LogP contribution in [-0.2, 0) is 20.8 Å². The Morgan fingerprint density at radius 2 is 1.66 bits per heavy atom. The number of morpholine rings is 1. The second-order valence-electron chi connectivity index (χ2n) is 10.1. The highest BCUT2D eigenvalue weighted by Gasteiger charge is 2.51. The average Bonchev–Trinajstić information content (AvgIpc) is 3.20. The Balaban J connectivity index is 1.09. The molecule has 11 nitrogen and oxygen atoms in total. The van der Waals surface area contributed by atoms with E-state index in [0.29, 0.717) is 56.9 Å². The number of nitrogens with zero attached hydrogens (tertiary/aromatic N) is 5. The number of hydrogen-bond acceptors (Lipinski definition) is 6. The molecule has 1 aromatic carbocycles. The van der Waals surface area contributed by atoms with E-state index in [-0.39, 0.29) is 19.1 Å². The topological polar surface area (TPSA) is 103 Å². The standard InChI is InChI=1S/C27H33N5O6/c1-2-20-3-5-21(6-4-20)7-8-22-9-11-29(12-10-22)27(36)38-32-24(33)23-19-30(13-14-31(23)26(32)35)25(34)28-15-17-37-18-16-28/h1,3-6,22-23H,7-19H2/t23-/m0/s1. The fraction of sp³-hybridized carbons (Fsp3) is 0.556. The van der Waals surface area contributed by atoms with E-state index in [2.05, 4.69) is 18.1 Å². The predicted molar refractivity (Wildman–Crippen MR) is 136 cm³/mol. The van der Waals surface area contributed by atoms with Crippen LogP contribution < -0.4 is 0 Å². The molecule has 1 atom stereocenters. The van der Waals surface area contributed by atoms with Crippen LogP contribution in [0.3, 0.4) is 0 Å². The van der Waals surface area contributed by atoms with E-state index in [1.165, 1.54) is 10.5 Å². The molecular weight excluding hydrogens is 490 g/mol. The molecule has 0 bridgehead atoms. The van der Waals surface area contributed by atoms with Gasteiger partial charge in [-0.1, -0.05) is 23.1 Å². The van der Waals surface area contributed by atoms with Crippen LogP contribution in [-0.4, -0.2) is 114 Å². The number of carbonyl (C=O) groups excluding carboxylic acids is 4. The number of amides is 6. The number of benzene rings is 1. The first-order valence-electron chi connectivity index (χ1n) is 13.2. The van der Waals surface area contributed by atoms with E-state index in [9.17, 15) is 19.2 Å². The summed E-state index contributed by atoms with van der Waals surface area (Å²) in [5.41, 5.74) is 2.10. The zero-order chi connectivity index (χ0) is 26.6. The van der Waals surface area contributed by atoms with Gasteiger partial charge in [-0.25, -0.2) is 14.4 Å². The van der Waals surface area contributed by atoms with Gasteiger partial charge < -0.3 is 29.2 Å². The minimum atomic E-state index is -0.852. The molecule has 4 aliphatic rings. The van der Waals surface area contributed by atoms with Gasteiger partial charge in [0.25, 0.3) is 5.91 Å². The quantitative estimate of drug-likeness (QED) is 0.440. The van der Waals surface area contributed by atoms with E-state index < -0.39 is 24.1 Å². The molecule has 4 heterocycles. The number of piperazine rings is 1. The summed E-state index contributed by atoms with van der Waals surface area (Å²) in [4.78, 5) is 63.0. The maximum Gasteiger partial charge on any atom is 0.434 e. The molecule has 0 unspecified atom stereocenters. The summed E-state index contributed by atoms with van der Waals surface area (Å²) in [5, 5.41) is 0.571. The molecular formula is C27H33N5O6. The number of ether oxygens (including phenoxy) is 1. The number of terminal acetylenes is 1. The lowest BCUT2D eigenvalue weighted by atomic mass is 9.90. The van der Waals surface area contributed by atoms with Crippen LogP contribution in [0.5, 0.6) is 0 Å². The number of piperidine rings is 1. The number of likely N-dealkylation sites (tertiary alicyclic amines) is 1. The lowest BCUT2D eigenvalue weighted by Gasteiger charge is -2.38. The maximum absolute atomic E-state index is 13.0. The Hall–Kier alpha value is -3.78. The highest BCUT2D eigenvalue weighted by atomic mass is 16.7. The highest BCUT2D eigenvalue weighted by Crippen LogP contribution is 2.26. The van der Waals surface area contributed by atoms with E-state index in [1.54, 1.807) is 14.7 Å². The number of hydrogen-bond donors (Lipinski definition) is 0. The zero-order valence-corrected chi connectivity index (χ0v) is 21.4. The third kappa shape index (κ3) is 5.41. The van der Waals surface area contributed by atoms with Crippen LogP contribution >= 0.6 is 0 Å². The largest absolute Gasteiger partial charge is 0.434 e. The van der Waals surface area contributed by atoms with Gasteiger partial charge in [0.15, 0.2) is 0 Å². The fourth-order valence-electron chi connectivity index (χ4n) is 5.46. The number of imide groups is 1. The van der Waals surface area contributed by atoms with Crippen molar-refractivity contribution in [2.45, 2.75) is 31.7 Å². The summed E-state index contributed by atoms with van der Waals surface area (Å²) in [6, 6.07) is 6.32. The molecule has 202 valence electrons. The van der Waals surface area contributed by atoms with E-state index >= 15 is 0 Å². The highest BCUT2D eigenvalue weighted by molar-refractivity contribution is 6.04. The molecule has 0 spiro atoms. The van der Waals surface area contributed by atoms with Crippen LogP contribution in [0.15, 0.2) is 24.3 Å². The molecule has 11 heteroatoms. The van der Waals surface area contributed by atoms with Gasteiger partial charge in [-0.2, -0.15) is 0 Å². The van der Waals surface area contributed by atoms with Gasteiger partial charge in [0.05, 0.1) is 19.8 Å². The lowest BCUT2D eigenvalue weighted by Crippen LogP contribution is -2.58. The molecule has 0 aromatic heterocycles. The molecule has 4 fully saturated rings. The molecule has 4 aliphatic heterocycles. The van der Waals surface area contributed by atoms with Gasteiger partial charge in [-0.3, -0.25) is 4.79 Å². The third-order valence-electron chi connectivity index (χ3n) is 7.84. The molecule has 6 amide bonds. The first-order chi connectivity index (χ1) is 18.4. The normalized spacial score (nSPS) is 22.4. The minimum Gasteiger partial charge on any atom is -0.378 e. The van der Waals surface area contributed by atoms with Crippen LogP contribution in [0.4, 0.5) is 14.4 Å². The third-order valence-corrected chi connectivity index (χ3v) is 7.84. The van der Waals surface area contributed by atoms with Crippen LogP contribution in [0.2, 0.25) is 0 Å². The predicted octanol–water partition coefficient (Wildman–Crippen LogP) is 1.76. The first-order valence-corrected chi connectivity index (χ1v) is 13.2. The van der Waals surface area contributed by atoms with Crippen molar-refractivity contribution in [3.05, 3.63) is 35.4 Å². The summed E-state index contributed by atoms with van der Waals surface area (Å²) in [5.74, 6) is 2.48. The summed E-state index contributed by atoms with van der Waals surface area (Å²) in [7, 11) is 0. The summed E-state index contributed by atoms with van der Waals surface area (Å²) < 4.78 is 5.30. The van der Waals surface area contributed by atoms with Crippen molar-refractivity contribution in [3.63, 3.8) is 0 Å². The van der Waals surface area contributed by atoms with Gasteiger partial charge in [-0.05, 0) is 49.3 Å². The molecule has 5 rings (SSSR count). The van der Waals surface area contributed by atoms with Crippen LogP contribution in [0.25, 0.3) is 0 Å². The number of hydroxylamine groups is 2. The van der Waals surface area contributed by atoms with Gasteiger partial charge in [0.2, 0.25) is 0 Å². The smallest absolute Gasteiger partial charge is 0.378 e. The molecule has 4 saturated heterocycles.